The SMILES string of the molecule is CCCCCCC/C=C\CCCCCCCC(=O)OCCCCCCCCCCCCCC/C=C\CCCCCCCCCCCCCCCCCC(=O)NC(CO)C(O)/C=C/CCCCCCCCCCC. The van der Waals surface area contributed by atoms with Gasteiger partial charge in [-0.15, -0.1) is 0 Å². The predicted molar refractivity (Wildman–Crippen MR) is 319 cm³/mol. The van der Waals surface area contributed by atoms with Crippen LogP contribution in [0.3, 0.4) is 0 Å². The van der Waals surface area contributed by atoms with E-state index in [1.165, 1.54) is 283 Å². The van der Waals surface area contributed by atoms with Crippen molar-refractivity contribution in [3.05, 3.63) is 36.5 Å². The Morgan fingerprint density at radius 2 is 0.644 bits per heavy atom. The predicted octanol–water partition coefficient (Wildman–Crippen LogP) is 20.8. The molecule has 3 N–H and O–H groups in total. The van der Waals surface area contributed by atoms with Crippen LogP contribution in [0.4, 0.5) is 0 Å². The van der Waals surface area contributed by atoms with Crippen LogP contribution in [-0.4, -0.2) is 47.4 Å². The Morgan fingerprint density at radius 3 is 0.973 bits per heavy atom. The van der Waals surface area contributed by atoms with E-state index >= 15 is 0 Å². The lowest BCUT2D eigenvalue weighted by Gasteiger charge is -2.20. The lowest BCUT2D eigenvalue weighted by molar-refractivity contribution is -0.143. The van der Waals surface area contributed by atoms with E-state index < -0.39 is 12.1 Å². The van der Waals surface area contributed by atoms with E-state index in [-0.39, 0.29) is 18.5 Å². The molecule has 0 heterocycles. The van der Waals surface area contributed by atoms with E-state index in [1.54, 1.807) is 6.08 Å². The van der Waals surface area contributed by atoms with Crippen LogP contribution in [0.5, 0.6) is 0 Å². The fourth-order valence-corrected chi connectivity index (χ4v) is 10.1. The zero-order valence-electron chi connectivity index (χ0n) is 49.1. The largest absolute Gasteiger partial charge is 0.466 e. The van der Waals surface area contributed by atoms with Gasteiger partial charge in [0.1, 0.15) is 0 Å². The lowest BCUT2D eigenvalue weighted by atomic mass is 10.0. The van der Waals surface area contributed by atoms with Crippen LogP contribution in [0.1, 0.15) is 354 Å². The van der Waals surface area contributed by atoms with Crippen LogP contribution in [0.25, 0.3) is 0 Å². The number of allylic oxidation sites excluding steroid dienone is 5. The summed E-state index contributed by atoms with van der Waals surface area (Å²) >= 11 is 0. The number of amides is 1. The quantitative estimate of drug-likeness (QED) is 0.0320. The first-order valence-electron chi connectivity index (χ1n) is 32.8. The Kier molecular flexibility index (Phi) is 61.0. The molecule has 0 radical (unpaired) electrons. The third-order valence-corrected chi connectivity index (χ3v) is 15.1. The molecule has 6 heteroatoms. The third kappa shape index (κ3) is 59.2. The normalized spacial score (nSPS) is 12.8. The van der Waals surface area contributed by atoms with Crippen LogP contribution in [0.15, 0.2) is 36.5 Å². The van der Waals surface area contributed by atoms with Gasteiger partial charge >= 0.3 is 5.97 Å². The van der Waals surface area contributed by atoms with Crippen LogP contribution in [0.2, 0.25) is 0 Å². The van der Waals surface area contributed by atoms with Gasteiger partial charge in [-0.1, -0.05) is 294 Å². The van der Waals surface area contributed by atoms with Gasteiger partial charge in [-0.05, 0) is 83.5 Å². The van der Waals surface area contributed by atoms with Crippen LogP contribution >= 0.6 is 0 Å². The Balaban J connectivity index is 3.35. The number of aliphatic hydroxyl groups excluding tert-OH is 2. The van der Waals surface area contributed by atoms with Crippen molar-refractivity contribution in [1.82, 2.24) is 5.32 Å². The van der Waals surface area contributed by atoms with Gasteiger partial charge in [0.25, 0.3) is 0 Å². The number of aliphatic hydroxyl groups is 2. The summed E-state index contributed by atoms with van der Waals surface area (Å²) in [5, 5.41) is 23.0. The first kappa shape index (κ1) is 71.1. The summed E-state index contributed by atoms with van der Waals surface area (Å²) in [7, 11) is 0. The number of nitrogens with one attached hydrogen (secondary N) is 1. The van der Waals surface area contributed by atoms with Gasteiger partial charge in [0.05, 0.1) is 25.4 Å². The minimum absolute atomic E-state index is 0.00881. The second-order valence-corrected chi connectivity index (χ2v) is 22.4. The third-order valence-electron chi connectivity index (χ3n) is 15.1. The highest BCUT2D eigenvalue weighted by Gasteiger charge is 2.18. The van der Waals surface area contributed by atoms with E-state index in [4.69, 9.17) is 4.74 Å². The molecule has 0 spiro atoms. The van der Waals surface area contributed by atoms with Crippen molar-refractivity contribution >= 4 is 11.9 Å². The summed E-state index contributed by atoms with van der Waals surface area (Å²) in [6.45, 7) is 4.89. The van der Waals surface area contributed by atoms with Gasteiger partial charge in [-0.2, -0.15) is 0 Å². The maximum atomic E-state index is 12.4. The van der Waals surface area contributed by atoms with Crippen LogP contribution < -0.4 is 5.32 Å². The summed E-state index contributed by atoms with van der Waals surface area (Å²) in [4.78, 5) is 24.5. The Labute approximate surface area is 455 Å². The smallest absolute Gasteiger partial charge is 0.305 e. The molecule has 0 aromatic rings. The number of carbonyl (C=O) groups excluding carboxylic acids is 2. The zero-order chi connectivity index (χ0) is 52.9. The molecule has 0 fully saturated rings. The van der Waals surface area contributed by atoms with Crippen molar-refractivity contribution < 1.29 is 24.5 Å². The molecule has 73 heavy (non-hydrogen) atoms. The molecule has 0 aromatic carbocycles. The molecule has 0 saturated heterocycles. The molecule has 2 atom stereocenters. The molecule has 0 aliphatic rings. The maximum absolute atomic E-state index is 12.4. The molecule has 2 unspecified atom stereocenters. The van der Waals surface area contributed by atoms with Crippen molar-refractivity contribution in [3.8, 4) is 0 Å². The van der Waals surface area contributed by atoms with Gasteiger partial charge in [0.2, 0.25) is 5.91 Å². The summed E-state index contributed by atoms with van der Waals surface area (Å²) in [6, 6.07) is -0.625. The Bertz CT molecular complexity index is 1180. The van der Waals surface area contributed by atoms with Crippen LogP contribution in [0, 0.1) is 0 Å². The highest BCUT2D eigenvalue weighted by atomic mass is 16.5. The summed E-state index contributed by atoms with van der Waals surface area (Å²) in [5.41, 5.74) is 0. The van der Waals surface area contributed by atoms with Gasteiger partial charge in [0.15, 0.2) is 0 Å². The zero-order valence-corrected chi connectivity index (χ0v) is 49.1. The number of esters is 1. The molecule has 0 saturated carbocycles. The average molecular weight is 1030 g/mol. The van der Waals surface area contributed by atoms with Crippen molar-refractivity contribution in [2.45, 2.75) is 366 Å². The average Bonchev–Trinajstić information content (AvgIpc) is 3.39. The topological polar surface area (TPSA) is 95.9 Å². The highest BCUT2D eigenvalue weighted by Crippen LogP contribution is 2.17. The van der Waals surface area contributed by atoms with Crippen molar-refractivity contribution in [1.29, 1.82) is 0 Å². The summed E-state index contributed by atoms with van der Waals surface area (Å²) in [5.74, 6) is -0.0575. The minimum Gasteiger partial charge on any atom is -0.466 e. The molecular weight excluding hydrogens is 899 g/mol. The van der Waals surface area contributed by atoms with E-state index in [0.717, 1.165) is 44.9 Å². The van der Waals surface area contributed by atoms with Crippen molar-refractivity contribution in [2.75, 3.05) is 13.2 Å². The molecule has 1 amide bonds. The van der Waals surface area contributed by atoms with Crippen molar-refractivity contribution in [2.24, 2.45) is 0 Å². The minimum atomic E-state index is -0.841. The van der Waals surface area contributed by atoms with E-state index in [0.29, 0.717) is 19.4 Å². The molecule has 0 rings (SSSR count). The first-order valence-corrected chi connectivity index (χ1v) is 32.8. The van der Waals surface area contributed by atoms with Crippen molar-refractivity contribution in [3.63, 3.8) is 0 Å². The van der Waals surface area contributed by atoms with Gasteiger partial charge in [0, 0.05) is 12.8 Å². The van der Waals surface area contributed by atoms with E-state index in [1.807, 2.05) is 6.08 Å². The van der Waals surface area contributed by atoms with E-state index in [9.17, 15) is 19.8 Å². The molecule has 0 aliphatic heterocycles. The fourth-order valence-electron chi connectivity index (χ4n) is 10.1. The Hall–Kier alpha value is -1.92. The van der Waals surface area contributed by atoms with Gasteiger partial charge in [-0.3, -0.25) is 9.59 Å². The molecule has 0 bridgehead atoms. The number of carbonyl (C=O) groups is 2. The second kappa shape index (κ2) is 62.6. The molecule has 0 aromatic heterocycles. The van der Waals surface area contributed by atoms with E-state index in [2.05, 4.69) is 43.5 Å². The van der Waals surface area contributed by atoms with Gasteiger partial charge < -0.3 is 20.3 Å². The Morgan fingerprint density at radius 1 is 0.370 bits per heavy atom. The van der Waals surface area contributed by atoms with Crippen LogP contribution in [-0.2, 0) is 14.3 Å². The number of hydrogen-bond donors (Lipinski definition) is 3. The summed E-state index contributed by atoms with van der Waals surface area (Å²) < 4.78 is 5.48. The number of unbranched alkanes of at least 4 members (excludes halogenated alkanes) is 46. The fraction of sp³-hybridized carbons (Fsp3) is 0.881. The first-order chi connectivity index (χ1) is 36.0. The molecule has 0 aliphatic carbocycles. The monoisotopic (exact) mass is 1030 g/mol. The number of hydrogen-bond acceptors (Lipinski definition) is 5. The maximum Gasteiger partial charge on any atom is 0.305 e. The molecule has 6 nitrogen and oxygen atoms in total. The number of ether oxygens (including phenoxy) is 1. The number of rotatable bonds is 61. The standard InChI is InChI=1S/C67H127NO5/c1-3-5-7-9-11-13-15-16-37-41-45-49-53-57-61-67(72)73-62-58-54-50-46-42-38-35-33-31-29-27-25-23-21-19-17-18-20-22-24-26-28-30-32-34-36-40-44-48-52-56-60-66(71)68-64(63-69)65(70)59-55-51-47-43-39-14-12-10-8-6-4-2/h15-16,19,21,55,59,64-65,69-70H,3-14,17-18,20,22-54,56-58,60-63H2,1-2H3,(H,68,71)/b16-15-,21-19-,59-55+. The lowest BCUT2D eigenvalue weighted by Crippen LogP contribution is -2.45. The summed E-state index contributed by atoms with van der Waals surface area (Å²) in [6.07, 6.45) is 79.3. The highest BCUT2D eigenvalue weighted by molar-refractivity contribution is 5.76. The van der Waals surface area contributed by atoms with Gasteiger partial charge in [-0.25, -0.2) is 0 Å². The molecule has 430 valence electrons. The second-order valence-electron chi connectivity index (χ2n) is 22.4. The molecular formula is C67H127NO5.